The van der Waals surface area contributed by atoms with Crippen LogP contribution in [-0.4, -0.2) is 19.3 Å². The molecule has 1 nitrogen and oxygen atoms in total. The van der Waals surface area contributed by atoms with Crippen LogP contribution in [0.25, 0.3) is 0 Å². The number of rotatable bonds is 8. The van der Waals surface area contributed by atoms with Crippen molar-refractivity contribution in [2.45, 2.75) is 45.0 Å². The van der Waals surface area contributed by atoms with Crippen molar-refractivity contribution in [3.8, 4) is 0 Å². The van der Waals surface area contributed by atoms with E-state index in [1.54, 1.807) is 0 Å². The van der Waals surface area contributed by atoms with E-state index in [1.807, 2.05) is 6.07 Å². The average molecular weight is 339 g/mol. The van der Waals surface area contributed by atoms with Crippen LogP contribution in [0.5, 0.6) is 0 Å². The summed E-state index contributed by atoms with van der Waals surface area (Å²) in [6.07, 6.45) is 5.96. The van der Waals surface area contributed by atoms with Gasteiger partial charge in [0, 0.05) is 0 Å². The van der Waals surface area contributed by atoms with Crippen molar-refractivity contribution < 1.29 is 5.11 Å². The minimum absolute atomic E-state index is 0.203. The molecule has 24 heavy (non-hydrogen) atoms. The van der Waals surface area contributed by atoms with Gasteiger partial charge in [0.2, 0.25) is 0 Å². The van der Waals surface area contributed by atoms with Crippen LogP contribution in [0.1, 0.15) is 18.9 Å². The van der Waals surface area contributed by atoms with E-state index in [0.717, 1.165) is 18.9 Å². The van der Waals surface area contributed by atoms with Gasteiger partial charge in [0.1, 0.15) is 0 Å². The number of aliphatic hydroxyl groups excluding tert-OH is 1. The molecule has 0 amide bonds. The molecule has 0 heterocycles. The molecule has 2 aromatic carbocycles. The minimum atomic E-state index is -1.42. The van der Waals surface area contributed by atoms with Crippen molar-refractivity contribution in [1.82, 2.24) is 0 Å². The molecule has 0 aromatic heterocycles. The second-order valence-electron chi connectivity index (χ2n) is 7.33. The monoisotopic (exact) mass is 338 g/mol. The Morgan fingerprint density at radius 2 is 1.54 bits per heavy atom. The summed E-state index contributed by atoms with van der Waals surface area (Å²) in [7, 11) is -1.42. The molecule has 2 rings (SSSR count). The summed E-state index contributed by atoms with van der Waals surface area (Å²) in [5, 5.41) is 11.9. The fourth-order valence-corrected chi connectivity index (χ4v) is 4.99. The molecule has 2 aromatic rings. The summed E-state index contributed by atoms with van der Waals surface area (Å²) in [6, 6.07) is 22.3. The van der Waals surface area contributed by atoms with Gasteiger partial charge in [0.15, 0.2) is 0 Å². The van der Waals surface area contributed by atoms with Gasteiger partial charge in [0.25, 0.3) is 0 Å². The maximum absolute atomic E-state index is 10.4. The predicted octanol–water partition coefficient (Wildman–Crippen LogP) is 4.79. The number of hydrogen-bond acceptors (Lipinski definition) is 1. The lowest BCUT2D eigenvalue weighted by Gasteiger charge is -2.21. The topological polar surface area (TPSA) is 20.2 Å². The van der Waals surface area contributed by atoms with Crippen LogP contribution >= 0.6 is 0 Å². The van der Waals surface area contributed by atoms with Crippen LogP contribution in [0.3, 0.4) is 0 Å². The Morgan fingerprint density at radius 3 is 2.17 bits per heavy atom. The van der Waals surface area contributed by atoms with Gasteiger partial charge in [-0.2, -0.15) is 0 Å². The quantitative estimate of drug-likeness (QED) is 0.542. The summed E-state index contributed by atoms with van der Waals surface area (Å²) in [6.45, 7) is 6.93. The van der Waals surface area contributed by atoms with Crippen molar-refractivity contribution in [3.63, 3.8) is 0 Å². The Hall–Kier alpha value is -1.64. The van der Waals surface area contributed by atoms with E-state index in [1.165, 1.54) is 10.8 Å². The summed E-state index contributed by atoms with van der Waals surface area (Å²) in [5.74, 6) is 0.203. The van der Waals surface area contributed by atoms with Gasteiger partial charge in [0.05, 0.1) is 14.2 Å². The first-order chi connectivity index (χ1) is 11.5. The molecule has 0 saturated carbocycles. The third-order valence-electron chi connectivity index (χ3n) is 4.80. The van der Waals surface area contributed by atoms with Crippen molar-refractivity contribution in [3.05, 3.63) is 78.4 Å². The molecule has 2 unspecified atom stereocenters. The molecule has 2 heteroatoms. The van der Waals surface area contributed by atoms with E-state index in [0.29, 0.717) is 0 Å². The Balaban J connectivity index is 1.82. The van der Waals surface area contributed by atoms with Crippen LogP contribution < -0.4 is 5.19 Å². The lowest BCUT2D eigenvalue weighted by molar-refractivity contribution is 0.128. The first-order valence-corrected chi connectivity index (χ1v) is 12.1. The first-order valence-electron chi connectivity index (χ1n) is 8.93. The first kappa shape index (κ1) is 18.7. The zero-order valence-corrected chi connectivity index (χ0v) is 16.2. The second kappa shape index (κ2) is 9.00. The highest BCUT2D eigenvalue weighted by atomic mass is 28.3. The summed E-state index contributed by atoms with van der Waals surface area (Å²) in [4.78, 5) is 0. The van der Waals surface area contributed by atoms with E-state index < -0.39 is 8.07 Å². The minimum Gasteiger partial charge on any atom is -0.393 e. The predicted molar refractivity (Wildman–Crippen MR) is 107 cm³/mol. The Kier molecular flexibility index (Phi) is 7.01. The van der Waals surface area contributed by atoms with Gasteiger partial charge in [-0.05, 0) is 30.4 Å². The van der Waals surface area contributed by atoms with Crippen molar-refractivity contribution in [2.75, 3.05) is 0 Å². The highest BCUT2D eigenvalue weighted by molar-refractivity contribution is 6.90. The fourth-order valence-electron chi connectivity index (χ4n) is 2.93. The van der Waals surface area contributed by atoms with E-state index in [4.69, 9.17) is 0 Å². The van der Waals surface area contributed by atoms with Gasteiger partial charge in [-0.3, -0.25) is 0 Å². The largest absolute Gasteiger partial charge is 0.393 e. The van der Waals surface area contributed by atoms with Crippen LogP contribution in [0.2, 0.25) is 19.1 Å². The van der Waals surface area contributed by atoms with Gasteiger partial charge < -0.3 is 5.11 Å². The number of aliphatic hydroxyl groups is 1. The van der Waals surface area contributed by atoms with Gasteiger partial charge in [-0.1, -0.05) is 98.0 Å². The van der Waals surface area contributed by atoms with Crippen molar-refractivity contribution in [2.24, 2.45) is 5.92 Å². The van der Waals surface area contributed by atoms with Crippen molar-refractivity contribution in [1.29, 1.82) is 0 Å². The zero-order chi connectivity index (χ0) is 17.4. The summed E-state index contributed by atoms with van der Waals surface area (Å²) in [5.41, 5.74) is 1.30. The van der Waals surface area contributed by atoms with Gasteiger partial charge in [-0.15, -0.1) is 0 Å². The SMILES string of the molecule is CC(/C=C/C[Si](C)(C)c1ccccc1)C(O)CCc1ccccc1. The number of allylic oxidation sites excluding steroid dienone is 1. The number of benzene rings is 2. The van der Waals surface area contributed by atoms with Gasteiger partial charge >= 0.3 is 0 Å². The summed E-state index contributed by atoms with van der Waals surface area (Å²) < 4.78 is 0. The Labute approximate surface area is 148 Å². The number of aryl methyl sites for hydroxylation is 1. The average Bonchev–Trinajstić information content (AvgIpc) is 2.61. The summed E-state index contributed by atoms with van der Waals surface area (Å²) >= 11 is 0. The molecule has 0 fully saturated rings. The molecular formula is C22H30OSi. The fraction of sp³-hybridized carbons (Fsp3) is 0.364. The molecule has 0 aliphatic carbocycles. The maximum atomic E-state index is 10.4. The Bertz CT molecular complexity index is 619. The standard InChI is InChI=1S/C22H30OSi/c1-19(22(23)17-16-20-12-6-4-7-13-20)11-10-18-24(2,3)21-14-8-5-9-15-21/h4-15,19,22-23H,16-18H2,1-3H3/b11-10+. The Morgan fingerprint density at radius 1 is 0.958 bits per heavy atom. The van der Waals surface area contributed by atoms with Crippen LogP contribution in [0.4, 0.5) is 0 Å². The molecule has 0 saturated heterocycles. The van der Waals surface area contributed by atoms with E-state index >= 15 is 0 Å². The van der Waals surface area contributed by atoms with E-state index in [9.17, 15) is 5.11 Å². The van der Waals surface area contributed by atoms with Gasteiger partial charge in [-0.25, -0.2) is 0 Å². The molecule has 0 radical (unpaired) electrons. The highest BCUT2D eigenvalue weighted by Gasteiger charge is 2.21. The molecule has 128 valence electrons. The molecule has 0 bridgehead atoms. The lowest BCUT2D eigenvalue weighted by Crippen LogP contribution is -2.40. The third kappa shape index (κ3) is 5.77. The van der Waals surface area contributed by atoms with E-state index in [2.05, 4.69) is 86.8 Å². The third-order valence-corrected chi connectivity index (χ3v) is 7.95. The normalized spacial score (nSPS) is 14.7. The lowest BCUT2D eigenvalue weighted by atomic mass is 9.97. The van der Waals surface area contributed by atoms with Crippen molar-refractivity contribution >= 4 is 13.3 Å². The molecular weight excluding hydrogens is 308 g/mol. The zero-order valence-electron chi connectivity index (χ0n) is 15.2. The smallest absolute Gasteiger partial charge is 0.0843 e. The molecule has 1 N–H and O–H groups in total. The molecule has 0 aliphatic heterocycles. The molecule has 0 spiro atoms. The maximum Gasteiger partial charge on any atom is 0.0843 e. The van der Waals surface area contributed by atoms with Crippen LogP contribution in [0, 0.1) is 5.92 Å². The van der Waals surface area contributed by atoms with E-state index in [-0.39, 0.29) is 12.0 Å². The van der Waals surface area contributed by atoms with Crippen LogP contribution in [-0.2, 0) is 6.42 Å². The number of hydrogen-bond donors (Lipinski definition) is 1. The molecule has 2 atom stereocenters. The highest BCUT2D eigenvalue weighted by Crippen LogP contribution is 2.16. The van der Waals surface area contributed by atoms with Crippen LogP contribution in [0.15, 0.2) is 72.8 Å². The molecule has 0 aliphatic rings. The second-order valence-corrected chi connectivity index (χ2v) is 12.1.